The number of fused-ring (bicyclic) bond motifs is 1. The predicted molar refractivity (Wildman–Crippen MR) is 102 cm³/mol. The van der Waals surface area contributed by atoms with Gasteiger partial charge in [-0.1, -0.05) is 48.5 Å². The van der Waals surface area contributed by atoms with E-state index >= 15 is 0 Å². The highest BCUT2D eigenvalue weighted by Crippen LogP contribution is 2.18. The van der Waals surface area contributed by atoms with Gasteiger partial charge in [-0.15, -0.1) is 0 Å². The summed E-state index contributed by atoms with van der Waals surface area (Å²) in [5.41, 5.74) is 3.45. The smallest absolute Gasteiger partial charge is 0.331 e. The van der Waals surface area contributed by atoms with Crippen molar-refractivity contribution >= 4 is 23.1 Å². The molecule has 0 radical (unpaired) electrons. The minimum Gasteiger partial charge on any atom is -0.452 e. The van der Waals surface area contributed by atoms with Gasteiger partial charge in [-0.3, -0.25) is 0 Å². The summed E-state index contributed by atoms with van der Waals surface area (Å²) in [7, 11) is 0. The molecule has 0 amide bonds. The van der Waals surface area contributed by atoms with Crippen LogP contribution in [0.1, 0.15) is 24.3 Å². The summed E-state index contributed by atoms with van der Waals surface area (Å²) < 4.78 is 15.8. The first kappa shape index (κ1) is 17.7. The minimum absolute atomic E-state index is 0.114. The van der Waals surface area contributed by atoms with E-state index < -0.39 is 5.97 Å². The monoisotopic (exact) mass is 375 g/mol. The summed E-state index contributed by atoms with van der Waals surface area (Å²) in [6, 6.07) is 15.3. The van der Waals surface area contributed by atoms with Crippen LogP contribution in [0.15, 0.2) is 63.5 Å². The van der Waals surface area contributed by atoms with E-state index in [1.807, 2.05) is 42.5 Å². The molecule has 0 aliphatic heterocycles. The molecule has 2 aromatic heterocycles. The van der Waals surface area contributed by atoms with Gasteiger partial charge < -0.3 is 13.7 Å². The minimum atomic E-state index is -0.561. The third-order valence-electron chi connectivity index (χ3n) is 4.10. The fourth-order valence-electron chi connectivity index (χ4n) is 2.60. The number of para-hydroxylation sites is 2. The van der Waals surface area contributed by atoms with E-state index in [1.165, 1.54) is 17.7 Å². The largest absolute Gasteiger partial charge is 0.452 e. The number of hydrogen-bond donors (Lipinski definition) is 0. The average molecular weight is 375 g/mol. The van der Waals surface area contributed by atoms with Crippen molar-refractivity contribution in [3.05, 3.63) is 72.0 Å². The van der Waals surface area contributed by atoms with Gasteiger partial charge in [0, 0.05) is 17.7 Å². The first-order chi connectivity index (χ1) is 13.7. The lowest BCUT2D eigenvalue weighted by Crippen LogP contribution is -2.01. The van der Waals surface area contributed by atoms with Crippen LogP contribution in [0, 0.1) is 0 Å². The van der Waals surface area contributed by atoms with Crippen molar-refractivity contribution < 1.29 is 18.5 Å². The summed E-state index contributed by atoms with van der Waals surface area (Å²) in [4.78, 5) is 20.4. The Balaban J connectivity index is 1.35. The van der Waals surface area contributed by atoms with Crippen molar-refractivity contribution in [2.45, 2.75) is 20.0 Å². The van der Waals surface area contributed by atoms with Gasteiger partial charge in [0.25, 0.3) is 5.89 Å². The molecule has 2 aromatic carbocycles. The Kier molecular flexibility index (Phi) is 4.97. The molecule has 0 saturated heterocycles. The third-order valence-corrected chi connectivity index (χ3v) is 4.10. The van der Waals surface area contributed by atoms with Crippen molar-refractivity contribution in [2.75, 3.05) is 0 Å². The molecule has 28 heavy (non-hydrogen) atoms. The van der Waals surface area contributed by atoms with E-state index in [0.29, 0.717) is 17.3 Å². The molecule has 0 saturated carbocycles. The highest BCUT2D eigenvalue weighted by molar-refractivity contribution is 5.86. The molecule has 0 unspecified atom stereocenters. The van der Waals surface area contributed by atoms with Crippen molar-refractivity contribution in [2.24, 2.45) is 0 Å². The standard InChI is InChI=1S/C21H17N3O4/c1-2-14-7-9-15(10-8-14)21-23-19(28-24-21)13-26-20(25)12-11-18-22-16-5-3-4-6-17(16)27-18/h3-12H,2,13H2,1H3/b12-11+. The molecule has 0 fully saturated rings. The van der Waals surface area contributed by atoms with Gasteiger partial charge in [-0.05, 0) is 24.1 Å². The number of oxazole rings is 1. The Morgan fingerprint density at radius 2 is 1.93 bits per heavy atom. The molecule has 0 N–H and O–H groups in total. The lowest BCUT2D eigenvalue weighted by Gasteiger charge is -1.97. The zero-order chi connectivity index (χ0) is 19.3. The van der Waals surface area contributed by atoms with Gasteiger partial charge in [-0.25, -0.2) is 9.78 Å². The highest BCUT2D eigenvalue weighted by Gasteiger charge is 2.10. The number of carbonyl (C=O) groups is 1. The summed E-state index contributed by atoms with van der Waals surface area (Å²) in [6.07, 6.45) is 3.66. The molecule has 140 valence electrons. The number of carbonyl (C=O) groups excluding carboxylic acids is 1. The van der Waals surface area contributed by atoms with Crippen molar-refractivity contribution in [1.29, 1.82) is 0 Å². The molecule has 4 rings (SSSR count). The zero-order valence-electron chi connectivity index (χ0n) is 15.2. The van der Waals surface area contributed by atoms with Crippen LogP contribution in [0.25, 0.3) is 28.6 Å². The van der Waals surface area contributed by atoms with Crippen LogP contribution in [0.5, 0.6) is 0 Å². The zero-order valence-corrected chi connectivity index (χ0v) is 15.2. The fraction of sp³-hybridized carbons (Fsp3) is 0.143. The highest BCUT2D eigenvalue weighted by atomic mass is 16.6. The first-order valence-electron chi connectivity index (χ1n) is 8.83. The second kappa shape index (κ2) is 7.87. The third kappa shape index (κ3) is 3.98. The summed E-state index contributed by atoms with van der Waals surface area (Å²) in [5.74, 6) is 0.442. The van der Waals surface area contributed by atoms with Gasteiger partial charge >= 0.3 is 5.97 Å². The molecule has 0 spiro atoms. The maximum Gasteiger partial charge on any atom is 0.331 e. The molecule has 0 aliphatic rings. The van der Waals surface area contributed by atoms with E-state index in [-0.39, 0.29) is 12.5 Å². The molecule has 0 aliphatic carbocycles. The van der Waals surface area contributed by atoms with Crippen molar-refractivity contribution in [3.63, 3.8) is 0 Å². The number of esters is 1. The van der Waals surface area contributed by atoms with Gasteiger partial charge in [0.1, 0.15) is 5.52 Å². The van der Waals surface area contributed by atoms with Gasteiger partial charge in [0.05, 0.1) is 0 Å². The van der Waals surface area contributed by atoms with Gasteiger partial charge in [0.2, 0.25) is 11.7 Å². The van der Waals surface area contributed by atoms with Crippen LogP contribution in [0.2, 0.25) is 0 Å². The maximum atomic E-state index is 11.9. The van der Waals surface area contributed by atoms with Gasteiger partial charge in [-0.2, -0.15) is 4.98 Å². The van der Waals surface area contributed by atoms with Crippen LogP contribution < -0.4 is 0 Å². The topological polar surface area (TPSA) is 91.2 Å². The SMILES string of the molecule is CCc1ccc(-c2noc(COC(=O)/C=C/c3nc4ccccc4o3)n2)cc1. The number of hydrogen-bond acceptors (Lipinski definition) is 7. The second-order valence-corrected chi connectivity index (χ2v) is 6.02. The van der Waals surface area contributed by atoms with Crippen LogP contribution in [-0.4, -0.2) is 21.1 Å². The molecule has 7 heteroatoms. The quantitative estimate of drug-likeness (QED) is 0.368. The summed E-state index contributed by atoms with van der Waals surface area (Å²) in [6.45, 7) is 1.98. The number of aromatic nitrogens is 3. The molecule has 0 bridgehead atoms. The number of nitrogens with zero attached hydrogens (tertiary/aromatic N) is 3. The summed E-state index contributed by atoms with van der Waals surface area (Å²) in [5, 5.41) is 3.92. The first-order valence-corrected chi connectivity index (χ1v) is 8.83. The normalized spacial score (nSPS) is 11.3. The lowest BCUT2D eigenvalue weighted by molar-refractivity contribution is -0.139. The number of rotatable bonds is 6. The van der Waals surface area contributed by atoms with Crippen LogP contribution >= 0.6 is 0 Å². The van der Waals surface area contributed by atoms with Crippen molar-refractivity contribution in [3.8, 4) is 11.4 Å². The van der Waals surface area contributed by atoms with E-state index in [4.69, 9.17) is 13.7 Å². The van der Waals surface area contributed by atoms with E-state index in [2.05, 4.69) is 22.0 Å². The lowest BCUT2D eigenvalue weighted by atomic mass is 10.1. The van der Waals surface area contributed by atoms with E-state index in [9.17, 15) is 4.79 Å². The maximum absolute atomic E-state index is 11.9. The Hall–Kier alpha value is -3.74. The van der Waals surface area contributed by atoms with Gasteiger partial charge in [0.15, 0.2) is 12.2 Å². The second-order valence-electron chi connectivity index (χ2n) is 6.02. The number of ether oxygens (including phenoxy) is 1. The Labute approximate surface area is 160 Å². The Bertz CT molecular complexity index is 1090. The summed E-state index contributed by atoms with van der Waals surface area (Å²) >= 11 is 0. The number of aryl methyl sites for hydroxylation is 1. The number of benzene rings is 2. The Morgan fingerprint density at radius 3 is 2.71 bits per heavy atom. The molecule has 7 nitrogen and oxygen atoms in total. The van der Waals surface area contributed by atoms with E-state index in [1.54, 1.807) is 6.07 Å². The van der Waals surface area contributed by atoms with Crippen molar-refractivity contribution in [1.82, 2.24) is 15.1 Å². The molecule has 0 atom stereocenters. The fourth-order valence-corrected chi connectivity index (χ4v) is 2.60. The van der Waals surface area contributed by atoms with Crippen LogP contribution in [0.3, 0.4) is 0 Å². The predicted octanol–water partition coefficient (Wildman–Crippen LogP) is 4.20. The average Bonchev–Trinajstić information content (AvgIpc) is 3.37. The van der Waals surface area contributed by atoms with Crippen LogP contribution in [0.4, 0.5) is 0 Å². The van der Waals surface area contributed by atoms with E-state index in [0.717, 1.165) is 17.5 Å². The van der Waals surface area contributed by atoms with Crippen LogP contribution in [-0.2, 0) is 22.6 Å². The Morgan fingerprint density at radius 1 is 1.11 bits per heavy atom. The molecule has 4 aromatic rings. The molecular weight excluding hydrogens is 358 g/mol. The molecular formula is C21H17N3O4. The molecule has 2 heterocycles.